The van der Waals surface area contributed by atoms with Crippen LogP contribution < -0.4 is 11.1 Å². The summed E-state index contributed by atoms with van der Waals surface area (Å²) in [6.07, 6.45) is 2.44. The number of benzene rings is 1. The molecule has 2 aromatic rings. The number of hydrogen-bond donors (Lipinski definition) is 3. The largest absolute Gasteiger partial charge is 0.382 e. The van der Waals surface area contributed by atoms with Crippen LogP contribution in [0.5, 0.6) is 0 Å². The highest BCUT2D eigenvalue weighted by Gasteiger charge is 2.25. The first kappa shape index (κ1) is 20.8. The van der Waals surface area contributed by atoms with E-state index >= 15 is 0 Å². The fourth-order valence-corrected chi connectivity index (χ4v) is 3.96. The average molecular weight is 452 g/mol. The van der Waals surface area contributed by atoms with Crippen LogP contribution in [0.15, 0.2) is 33.4 Å². The molecular weight excluding hydrogens is 432 g/mol. The first-order valence-electron chi connectivity index (χ1n) is 9.46. The van der Waals surface area contributed by atoms with Crippen molar-refractivity contribution in [1.82, 2.24) is 20.4 Å². The molecule has 1 atom stereocenters. The molecule has 8 nitrogen and oxygen atoms in total. The Labute approximate surface area is 182 Å². The summed E-state index contributed by atoms with van der Waals surface area (Å²) in [7, 11) is 0. The zero-order chi connectivity index (χ0) is 21.3. The third kappa shape index (κ3) is 4.19. The molecule has 30 heavy (non-hydrogen) atoms. The second kappa shape index (κ2) is 8.71. The van der Waals surface area contributed by atoms with Gasteiger partial charge in [-0.25, -0.2) is 4.39 Å². The maximum atomic E-state index is 13.9. The van der Waals surface area contributed by atoms with Crippen molar-refractivity contribution in [1.29, 1.82) is 5.41 Å². The Morgan fingerprint density at radius 2 is 2.27 bits per heavy atom. The lowest BCUT2D eigenvalue weighted by atomic mass is 10.1. The number of nitrogens with two attached hydrogens (primary N) is 1. The van der Waals surface area contributed by atoms with E-state index < -0.39 is 5.82 Å². The number of aliphatic imine (C=N–C) groups is 1. The monoisotopic (exact) mass is 451 g/mol. The summed E-state index contributed by atoms with van der Waals surface area (Å²) < 4.78 is 19.2. The Balaban J connectivity index is 1.59. The number of hydrogen-bond acceptors (Lipinski definition) is 8. The minimum Gasteiger partial charge on any atom is -0.382 e. The molecule has 1 unspecified atom stereocenters. The van der Waals surface area contributed by atoms with Gasteiger partial charge in [0.05, 0.1) is 17.3 Å². The third-order valence-electron chi connectivity index (χ3n) is 5.12. The average Bonchev–Trinajstić information content (AvgIpc) is 3.42. The Kier molecular flexibility index (Phi) is 6.03. The van der Waals surface area contributed by atoms with Crippen molar-refractivity contribution < 1.29 is 8.91 Å². The van der Waals surface area contributed by atoms with E-state index in [1.165, 1.54) is 18.2 Å². The molecule has 4 N–H and O–H groups in total. The van der Waals surface area contributed by atoms with Crippen molar-refractivity contribution in [2.75, 3.05) is 26.2 Å². The molecule has 11 heteroatoms. The molecule has 1 aromatic heterocycles. The quantitative estimate of drug-likeness (QED) is 0.475. The van der Waals surface area contributed by atoms with Crippen molar-refractivity contribution in [3.63, 3.8) is 0 Å². The minimum atomic E-state index is -0.548. The maximum absolute atomic E-state index is 13.9. The molecule has 0 amide bonds. The van der Waals surface area contributed by atoms with Crippen LogP contribution in [0.3, 0.4) is 0 Å². The van der Waals surface area contributed by atoms with Crippen molar-refractivity contribution >= 4 is 34.7 Å². The summed E-state index contributed by atoms with van der Waals surface area (Å²) in [6, 6.07) is 2.68. The fraction of sp³-hybridized carbons (Fsp3) is 0.368. The van der Waals surface area contributed by atoms with E-state index in [1.807, 2.05) is 4.90 Å². The minimum absolute atomic E-state index is 0.0104. The Morgan fingerprint density at radius 1 is 1.43 bits per heavy atom. The van der Waals surface area contributed by atoms with E-state index in [9.17, 15) is 4.39 Å². The first-order chi connectivity index (χ1) is 14.4. The summed E-state index contributed by atoms with van der Waals surface area (Å²) in [6.45, 7) is 2.87. The van der Waals surface area contributed by atoms with E-state index in [1.54, 1.807) is 0 Å². The zero-order valence-electron chi connectivity index (χ0n) is 16.0. The molecule has 3 heterocycles. The van der Waals surface area contributed by atoms with E-state index in [0.717, 1.165) is 19.5 Å². The number of halogens is 3. The summed E-state index contributed by atoms with van der Waals surface area (Å²) in [5.41, 5.74) is 7.03. The molecule has 0 saturated carbocycles. The van der Waals surface area contributed by atoms with Crippen molar-refractivity contribution in [2.24, 2.45) is 10.7 Å². The number of aromatic nitrogens is 2. The van der Waals surface area contributed by atoms with Gasteiger partial charge in [0.25, 0.3) is 5.89 Å². The van der Waals surface area contributed by atoms with Crippen molar-refractivity contribution in [3.05, 3.63) is 57.0 Å². The van der Waals surface area contributed by atoms with Crippen LogP contribution in [-0.2, 0) is 6.54 Å². The summed E-state index contributed by atoms with van der Waals surface area (Å²) in [4.78, 5) is 10.5. The lowest BCUT2D eigenvalue weighted by Gasteiger charge is -2.30. The molecule has 1 saturated heterocycles. The van der Waals surface area contributed by atoms with Crippen LogP contribution in [0.4, 0.5) is 4.39 Å². The predicted octanol–water partition coefficient (Wildman–Crippen LogP) is 2.72. The van der Waals surface area contributed by atoms with Gasteiger partial charge in [0.2, 0.25) is 0 Å². The van der Waals surface area contributed by atoms with Gasteiger partial charge in [0.15, 0.2) is 5.82 Å². The molecule has 0 aliphatic carbocycles. The second-order valence-corrected chi connectivity index (χ2v) is 7.89. The van der Waals surface area contributed by atoms with E-state index in [0.29, 0.717) is 35.2 Å². The molecule has 0 bridgehead atoms. The van der Waals surface area contributed by atoms with Crippen LogP contribution in [0.25, 0.3) is 0 Å². The van der Waals surface area contributed by atoms with Gasteiger partial charge in [-0.3, -0.25) is 10.4 Å². The third-order valence-corrected chi connectivity index (χ3v) is 5.88. The number of rotatable bonds is 5. The Morgan fingerprint density at radius 3 is 3.03 bits per heavy atom. The molecule has 2 aliphatic heterocycles. The smallest absolute Gasteiger partial charge is 0.275 e. The topological polar surface area (TPSA) is 116 Å². The Hall–Kier alpha value is -2.49. The molecule has 1 fully saturated rings. The predicted molar refractivity (Wildman–Crippen MR) is 113 cm³/mol. The molecule has 0 spiro atoms. The van der Waals surface area contributed by atoms with Crippen LogP contribution in [-0.4, -0.2) is 52.8 Å². The standard InChI is InChI=1S/C19H20Cl2FN7O/c20-12-1-2-13(22)16(21)11(12)9-29-6-5-26-17(24)15(29)7-14(23)19-27-18(28-30-19)10-3-4-25-8-10/h1-2,7,10,23,25H,3-6,8-9H2,(H2,24,26)/b15-7+,23-14?. The first-order valence-corrected chi connectivity index (χ1v) is 10.2. The van der Waals surface area contributed by atoms with Gasteiger partial charge in [-0.05, 0) is 31.2 Å². The lowest BCUT2D eigenvalue weighted by molar-refractivity contribution is 0.352. The zero-order valence-corrected chi connectivity index (χ0v) is 17.5. The maximum Gasteiger partial charge on any atom is 0.275 e. The summed E-state index contributed by atoms with van der Waals surface area (Å²) >= 11 is 12.4. The molecule has 2 aliphatic rings. The summed E-state index contributed by atoms with van der Waals surface area (Å²) in [5, 5.41) is 16.0. The van der Waals surface area contributed by atoms with Gasteiger partial charge in [0.1, 0.15) is 17.4 Å². The van der Waals surface area contributed by atoms with Crippen LogP contribution >= 0.6 is 23.2 Å². The SMILES string of the molecule is N=C(/C=C1\C(N)=NCCN1Cc1c(Cl)ccc(F)c1Cl)c1nc(C2CCNC2)no1. The number of amidine groups is 1. The second-order valence-electron chi connectivity index (χ2n) is 7.10. The van der Waals surface area contributed by atoms with Crippen molar-refractivity contribution in [3.8, 4) is 0 Å². The highest BCUT2D eigenvalue weighted by Crippen LogP contribution is 2.30. The molecular formula is C19H20Cl2FN7O. The van der Waals surface area contributed by atoms with Crippen LogP contribution in [0.1, 0.15) is 29.6 Å². The van der Waals surface area contributed by atoms with Crippen LogP contribution in [0.2, 0.25) is 10.0 Å². The highest BCUT2D eigenvalue weighted by atomic mass is 35.5. The van der Waals surface area contributed by atoms with Gasteiger partial charge < -0.3 is 20.5 Å². The highest BCUT2D eigenvalue weighted by molar-refractivity contribution is 6.36. The van der Waals surface area contributed by atoms with E-state index in [4.69, 9.17) is 38.9 Å². The lowest BCUT2D eigenvalue weighted by Crippen LogP contribution is -2.38. The number of nitrogens with zero attached hydrogens (tertiary/aromatic N) is 4. The molecule has 0 radical (unpaired) electrons. The normalized spacial score (nSPS) is 20.6. The van der Waals surface area contributed by atoms with Gasteiger partial charge >= 0.3 is 0 Å². The molecule has 1 aromatic carbocycles. The van der Waals surface area contributed by atoms with Gasteiger partial charge in [-0.15, -0.1) is 0 Å². The van der Waals surface area contributed by atoms with E-state index in [2.05, 4.69) is 20.4 Å². The Bertz CT molecular complexity index is 1030. The van der Waals surface area contributed by atoms with E-state index in [-0.39, 0.29) is 34.9 Å². The van der Waals surface area contributed by atoms with Gasteiger partial charge in [0, 0.05) is 36.1 Å². The van der Waals surface area contributed by atoms with Gasteiger partial charge in [-0.2, -0.15) is 4.98 Å². The van der Waals surface area contributed by atoms with Crippen molar-refractivity contribution in [2.45, 2.75) is 18.9 Å². The summed E-state index contributed by atoms with van der Waals surface area (Å²) in [5.74, 6) is 0.573. The molecule has 158 valence electrons. The van der Waals surface area contributed by atoms with Gasteiger partial charge in [-0.1, -0.05) is 28.4 Å². The molecule has 4 rings (SSSR count). The fourth-order valence-electron chi connectivity index (χ4n) is 3.47. The number of nitrogens with one attached hydrogen (secondary N) is 2. The number of allylic oxidation sites excluding steroid dienone is 1. The van der Waals surface area contributed by atoms with Crippen LogP contribution in [0, 0.1) is 11.2 Å².